The first-order valence-corrected chi connectivity index (χ1v) is 8.29. The van der Waals surface area contributed by atoms with Crippen molar-refractivity contribution < 1.29 is 14.0 Å². The van der Waals surface area contributed by atoms with Crippen LogP contribution in [0.2, 0.25) is 0 Å². The standard InChI is InChI=1S/C20H16N4O3/c21-19(25)17-9-14(10-27-17)20(26)24-18(12-4-2-1-3-5-12)13-6-7-15-16(8-13)23-11-22-15/h1-11,18H,(H2,21,25)(H,22,23)(H,24,26). The van der Waals surface area contributed by atoms with Crippen LogP contribution in [0.1, 0.15) is 38.1 Å². The van der Waals surface area contributed by atoms with Crippen molar-refractivity contribution in [3.8, 4) is 0 Å². The number of rotatable bonds is 5. The highest BCUT2D eigenvalue weighted by Crippen LogP contribution is 2.25. The molecule has 1 atom stereocenters. The summed E-state index contributed by atoms with van der Waals surface area (Å²) in [5, 5.41) is 2.99. The fourth-order valence-corrected chi connectivity index (χ4v) is 2.94. The predicted octanol–water partition coefficient (Wildman–Crippen LogP) is 2.77. The third-order valence-electron chi connectivity index (χ3n) is 4.29. The van der Waals surface area contributed by atoms with Gasteiger partial charge in [0.1, 0.15) is 6.26 Å². The van der Waals surface area contributed by atoms with Gasteiger partial charge in [0.15, 0.2) is 5.76 Å². The zero-order valence-corrected chi connectivity index (χ0v) is 14.2. The Morgan fingerprint density at radius 1 is 1.07 bits per heavy atom. The molecule has 4 N–H and O–H groups in total. The fraction of sp³-hybridized carbons (Fsp3) is 0.0500. The molecule has 2 amide bonds. The van der Waals surface area contributed by atoms with Crippen molar-refractivity contribution >= 4 is 22.8 Å². The summed E-state index contributed by atoms with van der Waals surface area (Å²) < 4.78 is 5.04. The number of H-pyrrole nitrogens is 1. The molecule has 0 saturated heterocycles. The highest BCUT2D eigenvalue weighted by Gasteiger charge is 2.20. The highest BCUT2D eigenvalue weighted by atomic mass is 16.3. The number of nitrogens with two attached hydrogens (primary N) is 1. The Bertz CT molecular complexity index is 1110. The lowest BCUT2D eigenvalue weighted by Gasteiger charge is -2.19. The summed E-state index contributed by atoms with van der Waals surface area (Å²) in [7, 11) is 0. The Labute approximate surface area is 154 Å². The SMILES string of the molecule is NC(=O)c1cc(C(=O)NC(c2ccccc2)c2ccc3nc[nH]c3c2)co1. The number of benzene rings is 2. The van der Waals surface area contributed by atoms with Crippen molar-refractivity contribution in [3.63, 3.8) is 0 Å². The lowest BCUT2D eigenvalue weighted by Crippen LogP contribution is -2.29. The number of hydrogen-bond donors (Lipinski definition) is 3. The van der Waals surface area contributed by atoms with E-state index in [1.54, 1.807) is 6.33 Å². The molecule has 0 aliphatic heterocycles. The molecule has 7 nitrogen and oxygen atoms in total. The van der Waals surface area contributed by atoms with Crippen molar-refractivity contribution in [2.75, 3.05) is 0 Å². The monoisotopic (exact) mass is 360 g/mol. The fourth-order valence-electron chi connectivity index (χ4n) is 2.94. The molecule has 4 aromatic rings. The number of aromatic amines is 1. The van der Waals surface area contributed by atoms with Crippen LogP contribution in [-0.4, -0.2) is 21.8 Å². The van der Waals surface area contributed by atoms with Crippen LogP contribution in [0.3, 0.4) is 0 Å². The Morgan fingerprint density at radius 2 is 1.89 bits per heavy atom. The maximum absolute atomic E-state index is 12.7. The minimum Gasteiger partial charge on any atom is -0.458 e. The van der Waals surface area contributed by atoms with Gasteiger partial charge in [0.25, 0.3) is 11.8 Å². The average Bonchev–Trinajstić information content (AvgIpc) is 3.35. The molecular weight excluding hydrogens is 344 g/mol. The first-order valence-electron chi connectivity index (χ1n) is 8.29. The zero-order chi connectivity index (χ0) is 18.8. The van der Waals surface area contributed by atoms with Crippen LogP contribution in [0.4, 0.5) is 0 Å². The minimum absolute atomic E-state index is 0.0599. The van der Waals surface area contributed by atoms with Crippen molar-refractivity contribution in [2.45, 2.75) is 6.04 Å². The molecule has 7 heteroatoms. The van der Waals surface area contributed by atoms with E-state index >= 15 is 0 Å². The third-order valence-corrected chi connectivity index (χ3v) is 4.29. The molecule has 0 spiro atoms. The van der Waals surface area contributed by atoms with Gasteiger partial charge in [0.05, 0.1) is 29.0 Å². The number of carbonyl (C=O) groups is 2. The molecule has 1 unspecified atom stereocenters. The second-order valence-electron chi connectivity index (χ2n) is 6.06. The van der Waals surface area contributed by atoms with Crippen LogP contribution in [0.15, 0.2) is 71.6 Å². The number of nitrogens with zero attached hydrogens (tertiary/aromatic N) is 1. The molecule has 0 radical (unpaired) electrons. The van der Waals surface area contributed by atoms with Gasteiger partial charge in [-0.3, -0.25) is 9.59 Å². The van der Waals surface area contributed by atoms with E-state index in [9.17, 15) is 9.59 Å². The zero-order valence-electron chi connectivity index (χ0n) is 14.2. The normalized spacial score (nSPS) is 12.0. The smallest absolute Gasteiger partial charge is 0.284 e. The van der Waals surface area contributed by atoms with Crippen LogP contribution in [0.25, 0.3) is 11.0 Å². The topological polar surface area (TPSA) is 114 Å². The molecule has 2 aromatic carbocycles. The van der Waals surface area contributed by atoms with Crippen LogP contribution < -0.4 is 11.1 Å². The van der Waals surface area contributed by atoms with E-state index in [0.29, 0.717) is 0 Å². The van der Waals surface area contributed by atoms with Gasteiger partial charge >= 0.3 is 0 Å². The molecule has 0 aliphatic rings. The lowest BCUT2D eigenvalue weighted by molar-refractivity contribution is 0.0940. The Morgan fingerprint density at radius 3 is 2.63 bits per heavy atom. The number of imidazole rings is 1. The van der Waals surface area contributed by atoms with Gasteiger partial charge in [0.2, 0.25) is 0 Å². The largest absolute Gasteiger partial charge is 0.458 e. The van der Waals surface area contributed by atoms with Gasteiger partial charge in [0, 0.05) is 6.07 Å². The van der Waals surface area contributed by atoms with Crippen LogP contribution in [0, 0.1) is 0 Å². The van der Waals surface area contributed by atoms with Gasteiger partial charge in [-0.2, -0.15) is 0 Å². The Balaban J connectivity index is 1.69. The number of amides is 2. The van der Waals surface area contributed by atoms with Crippen molar-refractivity contribution in [2.24, 2.45) is 5.73 Å². The second-order valence-corrected chi connectivity index (χ2v) is 6.06. The van der Waals surface area contributed by atoms with Gasteiger partial charge in [-0.25, -0.2) is 4.98 Å². The number of aromatic nitrogens is 2. The van der Waals surface area contributed by atoms with E-state index in [-0.39, 0.29) is 17.2 Å². The molecule has 2 heterocycles. The summed E-state index contributed by atoms with van der Waals surface area (Å²) >= 11 is 0. The maximum atomic E-state index is 12.7. The average molecular weight is 360 g/mol. The summed E-state index contributed by atoms with van der Waals surface area (Å²) in [4.78, 5) is 31.2. The van der Waals surface area contributed by atoms with Crippen LogP contribution in [0.5, 0.6) is 0 Å². The van der Waals surface area contributed by atoms with Crippen LogP contribution >= 0.6 is 0 Å². The molecular formula is C20H16N4O3. The molecule has 0 bridgehead atoms. The lowest BCUT2D eigenvalue weighted by atomic mass is 9.98. The van der Waals surface area contributed by atoms with Crippen LogP contribution in [-0.2, 0) is 0 Å². The molecule has 0 aliphatic carbocycles. The summed E-state index contributed by atoms with van der Waals surface area (Å²) in [6, 6.07) is 16.3. The van der Waals surface area contributed by atoms with Crippen molar-refractivity contribution in [3.05, 3.63) is 89.6 Å². The van der Waals surface area contributed by atoms with E-state index in [0.717, 1.165) is 22.2 Å². The second kappa shape index (κ2) is 6.80. The summed E-state index contributed by atoms with van der Waals surface area (Å²) in [6.07, 6.45) is 2.84. The van der Waals surface area contributed by atoms with E-state index in [2.05, 4.69) is 15.3 Å². The number of fused-ring (bicyclic) bond motifs is 1. The van der Waals surface area contributed by atoms with Gasteiger partial charge < -0.3 is 20.5 Å². The summed E-state index contributed by atoms with van der Waals surface area (Å²) in [6.45, 7) is 0. The molecule has 0 saturated carbocycles. The minimum atomic E-state index is -0.724. The number of primary amides is 1. The molecule has 2 aromatic heterocycles. The van der Waals surface area contributed by atoms with Crippen molar-refractivity contribution in [1.29, 1.82) is 0 Å². The number of carbonyl (C=O) groups excluding carboxylic acids is 2. The number of hydrogen-bond acceptors (Lipinski definition) is 4. The molecule has 27 heavy (non-hydrogen) atoms. The van der Waals surface area contributed by atoms with Gasteiger partial charge in [-0.05, 0) is 23.3 Å². The quantitative estimate of drug-likeness (QED) is 0.508. The van der Waals surface area contributed by atoms with E-state index < -0.39 is 11.9 Å². The predicted molar refractivity (Wildman–Crippen MR) is 99.1 cm³/mol. The summed E-state index contributed by atoms with van der Waals surface area (Å²) in [5.74, 6) is -1.15. The number of furan rings is 1. The third kappa shape index (κ3) is 3.30. The van der Waals surface area contributed by atoms with Gasteiger partial charge in [-0.1, -0.05) is 36.4 Å². The first kappa shape index (κ1) is 16.6. The van der Waals surface area contributed by atoms with E-state index in [1.807, 2.05) is 48.5 Å². The Hall–Kier alpha value is -3.87. The molecule has 4 rings (SSSR count). The van der Waals surface area contributed by atoms with Gasteiger partial charge in [-0.15, -0.1) is 0 Å². The maximum Gasteiger partial charge on any atom is 0.284 e. The molecule has 134 valence electrons. The van der Waals surface area contributed by atoms with E-state index in [4.69, 9.17) is 10.2 Å². The summed E-state index contributed by atoms with van der Waals surface area (Å²) in [5.41, 5.74) is 8.94. The van der Waals surface area contributed by atoms with E-state index in [1.165, 1.54) is 12.3 Å². The molecule has 0 fully saturated rings. The highest BCUT2D eigenvalue weighted by molar-refractivity contribution is 5.98. The number of nitrogens with one attached hydrogen (secondary N) is 2. The Kier molecular flexibility index (Phi) is 4.18. The first-order chi connectivity index (χ1) is 13.1. The van der Waals surface area contributed by atoms with Crippen molar-refractivity contribution in [1.82, 2.24) is 15.3 Å².